The van der Waals surface area contributed by atoms with E-state index in [0.29, 0.717) is 11.5 Å². The van der Waals surface area contributed by atoms with Gasteiger partial charge in [0.2, 0.25) is 5.91 Å². The van der Waals surface area contributed by atoms with Gasteiger partial charge in [-0.2, -0.15) is 5.10 Å². The quantitative estimate of drug-likeness (QED) is 0.273. The van der Waals surface area contributed by atoms with Crippen molar-refractivity contribution in [1.29, 1.82) is 0 Å². The maximum atomic E-state index is 13.5. The minimum absolute atomic E-state index is 0.107. The molecule has 0 saturated carbocycles. The third-order valence-electron chi connectivity index (χ3n) is 6.03. The molecule has 0 atom stereocenters. The van der Waals surface area contributed by atoms with Crippen LogP contribution in [0, 0.1) is 19.7 Å². The first kappa shape index (κ1) is 26.9. The van der Waals surface area contributed by atoms with Crippen molar-refractivity contribution in [1.82, 2.24) is 14.7 Å². The molecular formula is C29H29ClFN5O2. The van der Waals surface area contributed by atoms with Gasteiger partial charge in [-0.15, -0.1) is 0 Å². The largest absolute Gasteiger partial charge is 0.322 e. The highest BCUT2D eigenvalue weighted by atomic mass is 35.5. The first-order chi connectivity index (χ1) is 18.1. The number of anilines is 2. The van der Waals surface area contributed by atoms with Crippen molar-refractivity contribution in [3.8, 4) is 16.8 Å². The maximum Gasteiger partial charge on any atom is 0.322 e. The third kappa shape index (κ3) is 6.03. The summed E-state index contributed by atoms with van der Waals surface area (Å²) < 4.78 is 15.2. The molecule has 3 aromatic carbocycles. The Morgan fingerprint density at radius 2 is 1.68 bits per heavy atom. The van der Waals surface area contributed by atoms with Crippen LogP contribution in [-0.2, 0) is 4.79 Å². The summed E-state index contributed by atoms with van der Waals surface area (Å²) >= 11 is 5.84. The molecule has 4 aromatic rings. The van der Waals surface area contributed by atoms with Crippen LogP contribution in [0.5, 0.6) is 0 Å². The molecule has 4 rings (SSSR count). The van der Waals surface area contributed by atoms with Crippen LogP contribution in [0.3, 0.4) is 0 Å². The van der Waals surface area contributed by atoms with Crippen molar-refractivity contribution in [2.75, 3.05) is 17.2 Å². The molecule has 0 aliphatic rings. The standard InChI is InChI=1S/C29H29ClFN5O2/c1-18(2)35(29(38)32-22-12-15-25(31)24(30)16-22)17-26(37)33-28-27(21-8-6-5-7-9-21)20(4)34-36(28)23-13-10-19(3)11-14-23/h5-16,18H,17H2,1-4H3,(H,32,38)(H,33,37). The molecular weight excluding hydrogens is 505 g/mol. The number of carbonyl (C=O) groups is 2. The number of amides is 3. The molecule has 7 nitrogen and oxygen atoms in total. The predicted octanol–water partition coefficient (Wildman–Crippen LogP) is 6.83. The molecule has 0 bridgehead atoms. The fourth-order valence-corrected chi connectivity index (χ4v) is 4.23. The van der Waals surface area contributed by atoms with Crippen LogP contribution < -0.4 is 10.6 Å². The monoisotopic (exact) mass is 533 g/mol. The minimum Gasteiger partial charge on any atom is -0.313 e. The summed E-state index contributed by atoms with van der Waals surface area (Å²) in [5, 5.41) is 10.3. The van der Waals surface area contributed by atoms with Crippen LogP contribution in [0.25, 0.3) is 16.8 Å². The average molecular weight is 534 g/mol. The Kier molecular flexibility index (Phi) is 8.12. The summed E-state index contributed by atoms with van der Waals surface area (Å²) in [6, 6.07) is 20.6. The molecule has 0 aliphatic carbocycles. The van der Waals surface area contributed by atoms with Gasteiger partial charge in [0.05, 0.1) is 16.4 Å². The number of aryl methyl sites for hydroxylation is 2. The smallest absolute Gasteiger partial charge is 0.313 e. The maximum absolute atomic E-state index is 13.5. The molecule has 0 spiro atoms. The number of nitrogens with one attached hydrogen (secondary N) is 2. The van der Waals surface area contributed by atoms with E-state index >= 15 is 0 Å². The molecule has 9 heteroatoms. The minimum atomic E-state index is -0.584. The van der Waals surface area contributed by atoms with Gasteiger partial charge in [-0.3, -0.25) is 4.79 Å². The molecule has 0 radical (unpaired) electrons. The van der Waals surface area contributed by atoms with E-state index in [-0.39, 0.29) is 17.6 Å². The van der Waals surface area contributed by atoms with Crippen molar-refractivity contribution in [2.45, 2.75) is 33.7 Å². The van der Waals surface area contributed by atoms with E-state index in [2.05, 4.69) is 10.6 Å². The first-order valence-electron chi connectivity index (χ1n) is 12.2. The lowest BCUT2D eigenvalue weighted by Gasteiger charge is -2.26. The normalized spacial score (nSPS) is 10.9. The molecule has 0 saturated heterocycles. The summed E-state index contributed by atoms with van der Waals surface area (Å²) in [4.78, 5) is 27.8. The molecule has 0 fully saturated rings. The Morgan fingerprint density at radius 1 is 1.00 bits per heavy atom. The van der Waals surface area contributed by atoms with E-state index in [4.69, 9.17) is 16.7 Å². The zero-order valence-corrected chi connectivity index (χ0v) is 22.4. The molecule has 0 aliphatic heterocycles. The van der Waals surface area contributed by atoms with E-state index in [9.17, 15) is 14.0 Å². The van der Waals surface area contributed by atoms with Gasteiger partial charge in [-0.05, 0) is 63.6 Å². The van der Waals surface area contributed by atoms with Gasteiger partial charge in [0.25, 0.3) is 0 Å². The summed E-state index contributed by atoms with van der Waals surface area (Å²) in [6.45, 7) is 7.29. The Bertz CT molecular complexity index is 1450. The lowest BCUT2D eigenvalue weighted by molar-refractivity contribution is -0.117. The number of hydrogen-bond acceptors (Lipinski definition) is 3. The van der Waals surface area contributed by atoms with Gasteiger partial charge in [0, 0.05) is 17.3 Å². The number of rotatable bonds is 7. The van der Waals surface area contributed by atoms with Crippen molar-refractivity contribution in [3.63, 3.8) is 0 Å². The fraction of sp³-hybridized carbons (Fsp3) is 0.207. The summed E-state index contributed by atoms with van der Waals surface area (Å²) in [6.07, 6.45) is 0. The van der Waals surface area contributed by atoms with Crippen LogP contribution in [-0.4, -0.2) is 39.2 Å². The second-order valence-electron chi connectivity index (χ2n) is 9.25. The SMILES string of the molecule is Cc1ccc(-n2nc(C)c(-c3ccccc3)c2NC(=O)CN(C(=O)Nc2ccc(F)c(Cl)c2)C(C)C)cc1. The van der Waals surface area contributed by atoms with Crippen molar-refractivity contribution >= 4 is 35.0 Å². The van der Waals surface area contributed by atoms with E-state index in [1.54, 1.807) is 18.5 Å². The Balaban J connectivity index is 1.62. The van der Waals surface area contributed by atoms with Crippen LogP contribution >= 0.6 is 11.6 Å². The molecule has 0 unspecified atom stereocenters. The Hall–Kier alpha value is -4.17. The van der Waals surface area contributed by atoms with Crippen molar-refractivity contribution in [3.05, 3.63) is 94.9 Å². The molecule has 2 N–H and O–H groups in total. The predicted molar refractivity (Wildman–Crippen MR) is 149 cm³/mol. The van der Waals surface area contributed by atoms with Crippen LogP contribution in [0.4, 0.5) is 20.7 Å². The highest BCUT2D eigenvalue weighted by Crippen LogP contribution is 2.33. The Morgan fingerprint density at radius 3 is 2.32 bits per heavy atom. The number of nitrogens with zero attached hydrogens (tertiary/aromatic N) is 3. The van der Waals surface area contributed by atoms with E-state index < -0.39 is 17.8 Å². The van der Waals surface area contributed by atoms with E-state index in [1.165, 1.54) is 23.1 Å². The lowest BCUT2D eigenvalue weighted by atomic mass is 10.1. The number of halogens is 2. The van der Waals surface area contributed by atoms with Gasteiger partial charge in [-0.1, -0.05) is 59.6 Å². The second-order valence-corrected chi connectivity index (χ2v) is 9.66. The molecule has 3 amide bonds. The highest BCUT2D eigenvalue weighted by molar-refractivity contribution is 6.31. The van der Waals surface area contributed by atoms with E-state index in [0.717, 1.165) is 28.1 Å². The van der Waals surface area contributed by atoms with Crippen molar-refractivity contribution < 1.29 is 14.0 Å². The summed E-state index contributed by atoms with van der Waals surface area (Å²) in [5.41, 5.74) is 4.67. The lowest BCUT2D eigenvalue weighted by Crippen LogP contribution is -2.44. The average Bonchev–Trinajstić information content (AvgIpc) is 3.20. The number of aromatic nitrogens is 2. The van der Waals surface area contributed by atoms with Gasteiger partial charge in [0.15, 0.2) is 0 Å². The fourth-order valence-electron chi connectivity index (χ4n) is 4.05. The Labute approximate surface area is 226 Å². The first-order valence-corrected chi connectivity index (χ1v) is 12.6. The van der Waals surface area contributed by atoms with Crippen LogP contribution in [0.2, 0.25) is 5.02 Å². The van der Waals surface area contributed by atoms with Gasteiger partial charge < -0.3 is 15.5 Å². The highest BCUT2D eigenvalue weighted by Gasteiger charge is 2.24. The third-order valence-corrected chi connectivity index (χ3v) is 6.32. The summed E-state index contributed by atoms with van der Waals surface area (Å²) in [7, 11) is 0. The van der Waals surface area contributed by atoms with Crippen LogP contribution in [0.1, 0.15) is 25.1 Å². The number of carbonyl (C=O) groups excluding carboxylic acids is 2. The molecule has 196 valence electrons. The second kappa shape index (κ2) is 11.5. The summed E-state index contributed by atoms with van der Waals surface area (Å²) in [5.74, 6) is -0.465. The molecule has 1 aromatic heterocycles. The number of hydrogen-bond donors (Lipinski definition) is 2. The molecule has 38 heavy (non-hydrogen) atoms. The van der Waals surface area contributed by atoms with Gasteiger partial charge in [0.1, 0.15) is 18.2 Å². The van der Waals surface area contributed by atoms with Crippen LogP contribution in [0.15, 0.2) is 72.8 Å². The van der Waals surface area contributed by atoms with Gasteiger partial charge >= 0.3 is 6.03 Å². The topological polar surface area (TPSA) is 79.3 Å². The zero-order chi connectivity index (χ0) is 27.4. The molecule has 1 heterocycles. The van der Waals surface area contributed by atoms with Crippen molar-refractivity contribution in [2.24, 2.45) is 0 Å². The van der Waals surface area contributed by atoms with E-state index in [1.807, 2.05) is 68.4 Å². The number of benzene rings is 3. The number of urea groups is 1. The van der Waals surface area contributed by atoms with Gasteiger partial charge in [-0.25, -0.2) is 13.9 Å². The zero-order valence-electron chi connectivity index (χ0n) is 21.6.